The SMILES string of the molecule is C=CCN(S)C(=O)Nc1noc2ccc(C)cc12. The van der Waals surface area contributed by atoms with Crippen LogP contribution in [0.5, 0.6) is 0 Å². The summed E-state index contributed by atoms with van der Waals surface area (Å²) in [6.45, 7) is 5.83. The Balaban J connectivity index is 2.24. The Morgan fingerprint density at radius 3 is 3.17 bits per heavy atom. The molecule has 1 N–H and O–H groups in total. The Morgan fingerprint density at radius 2 is 2.44 bits per heavy atom. The minimum atomic E-state index is -0.380. The van der Waals surface area contributed by atoms with Gasteiger partial charge in [-0.2, -0.15) is 0 Å². The molecule has 0 aliphatic rings. The molecular weight excluding hydrogens is 250 g/mol. The molecule has 0 unspecified atom stereocenters. The molecule has 2 rings (SSSR count). The lowest BCUT2D eigenvalue weighted by atomic mass is 10.2. The van der Waals surface area contributed by atoms with Crippen LogP contribution in [0, 0.1) is 6.92 Å². The zero-order valence-electron chi connectivity index (χ0n) is 9.88. The summed E-state index contributed by atoms with van der Waals surface area (Å²) in [5.74, 6) is 0.391. The maximum atomic E-state index is 11.7. The van der Waals surface area contributed by atoms with Crippen molar-refractivity contribution in [1.82, 2.24) is 9.46 Å². The summed E-state index contributed by atoms with van der Waals surface area (Å²) in [6.07, 6.45) is 1.58. The van der Waals surface area contributed by atoms with Crippen molar-refractivity contribution in [3.05, 3.63) is 36.4 Å². The number of nitrogens with one attached hydrogen (secondary N) is 1. The summed E-state index contributed by atoms with van der Waals surface area (Å²) in [5, 5.41) is 7.23. The van der Waals surface area contributed by atoms with Gasteiger partial charge in [-0.15, -0.1) is 6.58 Å². The van der Waals surface area contributed by atoms with E-state index in [-0.39, 0.29) is 6.03 Å². The van der Waals surface area contributed by atoms with E-state index in [1.807, 2.05) is 25.1 Å². The first-order valence-corrected chi connectivity index (χ1v) is 5.76. The second-order valence-electron chi connectivity index (χ2n) is 3.83. The number of hydrogen-bond donors (Lipinski definition) is 2. The van der Waals surface area contributed by atoms with Gasteiger partial charge in [0.2, 0.25) is 0 Å². The van der Waals surface area contributed by atoms with Gasteiger partial charge in [-0.1, -0.05) is 35.7 Å². The minimum Gasteiger partial charge on any atom is -0.354 e. The minimum absolute atomic E-state index is 0.337. The number of urea groups is 1. The third-order valence-corrected chi connectivity index (χ3v) is 2.73. The van der Waals surface area contributed by atoms with E-state index < -0.39 is 0 Å². The molecular formula is C12H13N3O2S. The summed E-state index contributed by atoms with van der Waals surface area (Å²) >= 11 is 4.02. The van der Waals surface area contributed by atoms with Crippen molar-refractivity contribution in [1.29, 1.82) is 0 Å². The first-order chi connectivity index (χ1) is 8.61. The van der Waals surface area contributed by atoms with E-state index in [1.165, 1.54) is 4.31 Å². The topological polar surface area (TPSA) is 58.4 Å². The molecule has 2 aromatic rings. The third-order valence-electron chi connectivity index (χ3n) is 2.39. The van der Waals surface area contributed by atoms with Crippen LogP contribution in [0.1, 0.15) is 5.56 Å². The average molecular weight is 263 g/mol. The molecule has 1 heterocycles. The molecule has 1 aromatic carbocycles. The fraction of sp³-hybridized carbons (Fsp3) is 0.167. The number of aromatic nitrogens is 1. The van der Waals surface area contributed by atoms with Gasteiger partial charge in [0.25, 0.3) is 0 Å². The Hall–Kier alpha value is -1.95. The summed E-state index contributed by atoms with van der Waals surface area (Å²) in [4.78, 5) is 11.7. The van der Waals surface area contributed by atoms with Crippen molar-refractivity contribution in [3.8, 4) is 0 Å². The molecule has 0 fully saturated rings. The maximum absolute atomic E-state index is 11.7. The van der Waals surface area contributed by atoms with Gasteiger partial charge < -0.3 is 4.52 Å². The zero-order chi connectivity index (χ0) is 13.1. The first kappa shape index (κ1) is 12.5. The molecule has 5 nitrogen and oxygen atoms in total. The largest absolute Gasteiger partial charge is 0.354 e. The highest BCUT2D eigenvalue weighted by molar-refractivity contribution is 7.78. The lowest BCUT2D eigenvalue weighted by Crippen LogP contribution is -2.27. The standard InChI is InChI=1S/C12H13N3O2S/c1-3-6-15(18)12(16)13-11-9-7-8(2)4-5-10(9)17-14-11/h3-5,7,18H,1,6H2,2H3,(H,13,14,16). The summed E-state index contributed by atoms with van der Waals surface area (Å²) in [7, 11) is 0. The number of rotatable bonds is 3. The van der Waals surface area contributed by atoms with Crippen LogP contribution in [0.4, 0.5) is 10.6 Å². The molecule has 0 atom stereocenters. The van der Waals surface area contributed by atoms with Crippen molar-refractivity contribution in [2.24, 2.45) is 0 Å². The van der Waals surface area contributed by atoms with E-state index >= 15 is 0 Å². The number of amides is 2. The van der Waals surface area contributed by atoms with Crippen molar-refractivity contribution in [3.63, 3.8) is 0 Å². The molecule has 0 aliphatic heterocycles. The lowest BCUT2D eigenvalue weighted by molar-refractivity contribution is 0.241. The zero-order valence-corrected chi connectivity index (χ0v) is 10.8. The van der Waals surface area contributed by atoms with Gasteiger partial charge in [-0.05, 0) is 19.1 Å². The second-order valence-corrected chi connectivity index (χ2v) is 4.31. The molecule has 0 bridgehead atoms. The van der Waals surface area contributed by atoms with E-state index in [9.17, 15) is 4.79 Å². The van der Waals surface area contributed by atoms with Crippen LogP contribution in [0.3, 0.4) is 0 Å². The van der Waals surface area contributed by atoms with Crippen LogP contribution in [0.25, 0.3) is 11.0 Å². The van der Waals surface area contributed by atoms with E-state index in [4.69, 9.17) is 4.52 Å². The third kappa shape index (κ3) is 2.48. The number of carbonyl (C=O) groups excluding carboxylic acids is 1. The number of fused-ring (bicyclic) bond motifs is 1. The van der Waals surface area contributed by atoms with Gasteiger partial charge in [0, 0.05) is 0 Å². The van der Waals surface area contributed by atoms with Crippen LogP contribution in [-0.2, 0) is 0 Å². The van der Waals surface area contributed by atoms with Gasteiger partial charge in [0.05, 0.1) is 11.9 Å². The van der Waals surface area contributed by atoms with Crippen LogP contribution in [0.2, 0.25) is 0 Å². The van der Waals surface area contributed by atoms with Crippen LogP contribution in [-0.4, -0.2) is 22.0 Å². The quantitative estimate of drug-likeness (QED) is 0.661. The lowest BCUT2D eigenvalue weighted by Gasteiger charge is -2.12. The fourth-order valence-corrected chi connectivity index (χ4v) is 1.68. The van der Waals surface area contributed by atoms with Crippen molar-refractivity contribution in [2.75, 3.05) is 11.9 Å². The highest BCUT2D eigenvalue weighted by Gasteiger charge is 2.14. The normalized spacial score (nSPS) is 10.3. The highest BCUT2D eigenvalue weighted by Crippen LogP contribution is 2.24. The second kappa shape index (κ2) is 5.14. The highest BCUT2D eigenvalue weighted by atomic mass is 32.1. The predicted molar refractivity (Wildman–Crippen MR) is 73.7 cm³/mol. The Morgan fingerprint density at radius 1 is 1.67 bits per heavy atom. The van der Waals surface area contributed by atoms with Gasteiger partial charge in [0.15, 0.2) is 11.4 Å². The molecule has 1 aromatic heterocycles. The smallest absolute Gasteiger partial charge is 0.333 e. The number of aryl methyl sites for hydroxylation is 1. The number of thiol groups is 1. The van der Waals surface area contributed by atoms with E-state index in [0.29, 0.717) is 17.9 Å². The van der Waals surface area contributed by atoms with Crippen LogP contribution >= 0.6 is 12.8 Å². The molecule has 0 saturated heterocycles. The number of hydrogen-bond acceptors (Lipinski definition) is 4. The summed E-state index contributed by atoms with van der Waals surface area (Å²) < 4.78 is 6.31. The van der Waals surface area contributed by atoms with Gasteiger partial charge in [0.1, 0.15) is 0 Å². The maximum Gasteiger partial charge on any atom is 0.333 e. The number of carbonyl (C=O) groups is 1. The van der Waals surface area contributed by atoms with E-state index in [1.54, 1.807) is 6.08 Å². The first-order valence-electron chi connectivity index (χ1n) is 5.36. The Bertz CT molecular complexity index is 594. The van der Waals surface area contributed by atoms with E-state index in [2.05, 4.69) is 29.9 Å². The van der Waals surface area contributed by atoms with Gasteiger partial charge in [-0.3, -0.25) is 9.62 Å². The van der Waals surface area contributed by atoms with Crippen LogP contribution in [0.15, 0.2) is 35.4 Å². The molecule has 6 heteroatoms. The van der Waals surface area contributed by atoms with Crippen LogP contribution < -0.4 is 5.32 Å². The number of anilines is 1. The van der Waals surface area contributed by atoms with Crippen molar-refractivity contribution >= 4 is 35.6 Å². The Labute approximate surface area is 110 Å². The fourth-order valence-electron chi connectivity index (χ4n) is 1.51. The van der Waals surface area contributed by atoms with E-state index in [0.717, 1.165) is 10.9 Å². The molecule has 18 heavy (non-hydrogen) atoms. The van der Waals surface area contributed by atoms with Crippen molar-refractivity contribution in [2.45, 2.75) is 6.92 Å². The predicted octanol–water partition coefficient (Wildman–Crippen LogP) is 3.00. The molecule has 0 radical (unpaired) electrons. The van der Waals surface area contributed by atoms with Gasteiger partial charge in [-0.25, -0.2) is 4.79 Å². The number of nitrogens with zero attached hydrogens (tertiary/aromatic N) is 2. The van der Waals surface area contributed by atoms with Crippen molar-refractivity contribution < 1.29 is 9.32 Å². The Kier molecular flexibility index (Phi) is 3.57. The summed E-state index contributed by atoms with van der Waals surface area (Å²) in [6, 6.07) is 5.25. The van der Waals surface area contributed by atoms with Gasteiger partial charge >= 0.3 is 6.03 Å². The monoisotopic (exact) mass is 263 g/mol. The molecule has 94 valence electrons. The molecule has 0 spiro atoms. The summed E-state index contributed by atoms with van der Waals surface area (Å²) in [5.41, 5.74) is 1.69. The number of benzene rings is 1. The molecule has 0 saturated carbocycles. The molecule has 2 amide bonds. The molecule has 0 aliphatic carbocycles. The average Bonchev–Trinajstić information content (AvgIpc) is 2.72.